The Hall–Kier alpha value is -1.26. The summed E-state index contributed by atoms with van der Waals surface area (Å²) in [4.78, 5) is 0. The second-order valence-electron chi connectivity index (χ2n) is 7.36. The second-order valence-corrected chi connectivity index (χ2v) is 7.36. The molecule has 4 heteroatoms. The average Bonchev–Trinajstić information content (AvgIpc) is 3.11. The molecule has 2 aliphatic rings. The highest BCUT2D eigenvalue weighted by molar-refractivity contribution is 6.62. The van der Waals surface area contributed by atoms with Crippen LogP contribution in [0.1, 0.15) is 46.6 Å². The van der Waals surface area contributed by atoms with Gasteiger partial charge in [-0.1, -0.05) is 12.1 Å². The average molecular weight is 283 g/mol. The molecule has 0 spiro atoms. The van der Waals surface area contributed by atoms with Crippen molar-refractivity contribution in [2.24, 2.45) is 0 Å². The Balaban J connectivity index is 1.69. The molecule has 3 nitrogen and oxygen atoms in total. The summed E-state index contributed by atoms with van der Waals surface area (Å²) < 4.78 is 14.7. The van der Waals surface area contributed by atoms with Crippen molar-refractivity contribution in [2.45, 2.75) is 57.8 Å². The lowest BCUT2D eigenvalue weighted by Crippen LogP contribution is -2.41. The molecule has 4 rings (SSSR count). The van der Waals surface area contributed by atoms with E-state index in [-0.39, 0.29) is 18.3 Å². The summed E-state index contributed by atoms with van der Waals surface area (Å²) in [5.41, 5.74) is 1.85. The minimum absolute atomic E-state index is 0.274. The summed E-state index contributed by atoms with van der Waals surface area (Å²) in [6, 6.07) is 9.46. The number of aromatic nitrogens is 1. The van der Waals surface area contributed by atoms with Gasteiger partial charge in [0.2, 0.25) is 0 Å². The Bertz CT molecular complexity index is 684. The van der Waals surface area contributed by atoms with Crippen LogP contribution >= 0.6 is 0 Å². The number of fused-ring (bicyclic) bond motifs is 1. The summed E-state index contributed by atoms with van der Waals surface area (Å²) >= 11 is 0. The first-order chi connectivity index (χ1) is 9.87. The van der Waals surface area contributed by atoms with E-state index >= 15 is 0 Å². The van der Waals surface area contributed by atoms with Crippen molar-refractivity contribution in [2.75, 3.05) is 0 Å². The summed E-state index contributed by atoms with van der Waals surface area (Å²) in [5, 5.41) is 1.27. The molecule has 21 heavy (non-hydrogen) atoms. The van der Waals surface area contributed by atoms with Crippen molar-refractivity contribution in [3.8, 4) is 0 Å². The minimum atomic E-state index is -0.285. The van der Waals surface area contributed by atoms with Crippen molar-refractivity contribution in [1.29, 1.82) is 0 Å². The van der Waals surface area contributed by atoms with Crippen molar-refractivity contribution in [3.05, 3.63) is 30.5 Å². The number of benzene rings is 1. The first-order valence-electron chi connectivity index (χ1n) is 7.83. The summed E-state index contributed by atoms with van der Waals surface area (Å²) in [5.74, 6) is 0. The van der Waals surface area contributed by atoms with Gasteiger partial charge in [-0.15, -0.1) is 0 Å². The molecule has 110 valence electrons. The van der Waals surface area contributed by atoms with Gasteiger partial charge >= 0.3 is 7.12 Å². The fourth-order valence-electron chi connectivity index (χ4n) is 2.98. The molecule has 1 aliphatic heterocycles. The molecule has 1 saturated heterocycles. The Morgan fingerprint density at radius 3 is 2.33 bits per heavy atom. The molecule has 1 aromatic heterocycles. The van der Waals surface area contributed by atoms with Crippen LogP contribution in [0.5, 0.6) is 0 Å². The van der Waals surface area contributed by atoms with E-state index in [1.807, 2.05) is 0 Å². The van der Waals surface area contributed by atoms with E-state index in [9.17, 15) is 0 Å². The van der Waals surface area contributed by atoms with Gasteiger partial charge in [0.05, 0.1) is 11.2 Å². The minimum Gasteiger partial charge on any atom is -0.399 e. The maximum absolute atomic E-state index is 6.14. The van der Waals surface area contributed by atoms with Gasteiger partial charge in [-0.3, -0.25) is 0 Å². The van der Waals surface area contributed by atoms with Gasteiger partial charge in [0, 0.05) is 17.8 Å². The predicted octanol–water partition coefficient (Wildman–Crippen LogP) is 3.28. The Morgan fingerprint density at radius 2 is 1.71 bits per heavy atom. The fraction of sp³-hybridized carbons (Fsp3) is 0.529. The highest BCUT2D eigenvalue weighted by Crippen LogP contribution is 2.38. The van der Waals surface area contributed by atoms with Gasteiger partial charge in [-0.05, 0) is 63.5 Å². The molecule has 0 radical (unpaired) electrons. The molecule has 1 aliphatic carbocycles. The van der Waals surface area contributed by atoms with Crippen LogP contribution in [0.15, 0.2) is 30.5 Å². The lowest BCUT2D eigenvalue weighted by molar-refractivity contribution is 0.00578. The van der Waals surface area contributed by atoms with Crippen LogP contribution in [0.4, 0.5) is 0 Å². The van der Waals surface area contributed by atoms with Crippen LogP contribution in [0.2, 0.25) is 0 Å². The van der Waals surface area contributed by atoms with Gasteiger partial charge in [-0.2, -0.15) is 0 Å². The second kappa shape index (κ2) is 4.14. The van der Waals surface area contributed by atoms with Crippen LogP contribution in [0.3, 0.4) is 0 Å². The van der Waals surface area contributed by atoms with Gasteiger partial charge < -0.3 is 13.9 Å². The van der Waals surface area contributed by atoms with Crippen molar-refractivity contribution < 1.29 is 9.31 Å². The van der Waals surface area contributed by atoms with E-state index in [4.69, 9.17) is 9.31 Å². The number of hydrogen-bond acceptors (Lipinski definition) is 2. The third kappa shape index (κ3) is 2.04. The molecule has 1 saturated carbocycles. The maximum Gasteiger partial charge on any atom is 0.494 e. The number of hydrogen-bond donors (Lipinski definition) is 0. The molecule has 0 unspecified atom stereocenters. The largest absolute Gasteiger partial charge is 0.494 e. The van der Waals surface area contributed by atoms with Gasteiger partial charge in [0.25, 0.3) is 0 Å². The number of nitrogens with zero attached hydrogens (tertiary/aromatic N) is 1. The van der Waals surface area contributed by atoms with E-state index in [1.165, 1.54) is 23.7 Å². The third-order valence-corrected chi connectivity index (χ3v) is 5.21. The normalized spacial score (nSPS) is 23.9. The molecule has 0 bridgehead atoms. The molecular formula is C17H22BNO2. The van der Waals surface area contributed by atoms with E-state index in [0.717, 1.165) is 5.46 Å². The zero-order valence-electron chi connectivity index (χ0n) is 13.2. The topological polar surface area (TPSA) is 23.4 Å². The monoisotopic (exact) mass is 283 g/mol. The highest BCUT2D eigenvalue weighted by Gasteiger charge is 2.51. The molecule has 2 heterocycles. The molecule has 0 amide bonds. The first-order valence-corrected chi connectivity index (χ1v) is 7.83. The lowest BCUT2D eigenvalue weighted by Gasteiger charge is -2.32. The summed E-state index contributed by atoms with van der Waals surface area (Å²) in [7, 11) is -0.274. The standard InChI is InChI=1S/C17H22BNO2/c1-16(2)17(3,4)21-18(20-16)13-5-8-15-12(11-13)9-10-19(15)14-6-7-14/h5,8-11,14H,6-7H2,1-4H3. The van der Waals surface area contributed by atoms with Gasteiger partial charge in [-0.25, -0.2) is 0 Å². The van der Waals surface area contributed by atoms with Crippen LogP contribution in [0.25, 0.3) is 10.9 Å². The molecule has 2 fully saturated rings. The number of rotatable bonds is 2. The predicted molar refractivity (Wildman–Crippen MR) is 85.9 cm³/mol. The van der Waals surface area contributed by atoms with Crippen LogP contribution in [0, 0.1) is 0 Å². The molecule has 1 aromatic carbocycles. The van der Waals surface area contributed by atoms with Crippen molar-refractivity contribution in [1.82, 2.24) is 4.57 Å². The summed E-state index contributed by atoms with van der Waals surface area (Å²) in [6.45, 7) is 8.37. The zero-order chi connectivity index (χ0) is 14.8. The van der Waals surface area contributed by atoms with Gasteiger partial charge in [0.15, 0.2) is 0 Å². The molecule has 0 N–H and O–H groups in total. The van der Waals surface area contributed by atoms with Crippen LogP contribution in [-0.4, -0.2) is 22.9 Å². The molecule has 2 aromatic rings. The van der Waals surface area contributed by atoms with Gasteiger partial charge in [0.1, 0.15) is 0 Å². The van der Waals surface area contributed by atoms with E-state index in [2.05, 4.69) is 62.7 Å². The van der Waals surface area contributed by atoms with E-state index in [0.29, 0.717) is 6.04 Å². The lowest BCUT2D eigenvalue weighted by atomic mass is 9.78. The smallest absolute Gasteiger partial charge is 0.399 e. The highest BCUT2D eigenvalue weighted by atomic mass is 16.7. The summed E-state index contributed by atoms with van der Waals surface area (Å²) in [6.07, 6.45) is 4.82. The van der Waals surface area contributed by atoms with Crippen LogP contribution < -0.4 is 5.46 Å². The van der Waals surface area contributed by atoms with Crippen molar-refractivity contribution >= 4 is 23.5 Å². The fourth-order valence-corrected chi connectivity index (χ4v) is 2.98. The third-order valence-electron chi connectivity index (χ3n) is 5.21. The zero-order valence-corrected chi connectivity index (χ0v) is 13.2. The Labute approximate surface area is 126 Å². The Morgan fingerprint density at radius 1 is 1.05 bits per heavy atom. The maximum atomic E-state index is 6.14. The van der Waals surface area contributed by atoms with Crippen LogP contribution in [-0.2, 0) is 9.31 Å². The Kier molecular flexibility index (Phi) is 2.65. The molecule has 0 atom stereocenters. The quantitative estimate of drug-likeness (QED) is 0.790. The van der Waals surface area contributed by atoms with E-state index < -0.39 is 0 Å². The van der Waals surface area contributed by atoms with Crippen molar-refractivity contribution in [3.63, 3.8) is 0 Å². The first kappa shape index (κ1) is 13.4. The SMILES string of the molecule is CC1(C)OB(c2ccc3c(ccn3C3CC3)c2)OC1(C)C. The molecular weight excluding hydrogens is 261 g/mol. The van der Waals surface area contributed by atoms with E-state index in [1.54, 1.807) is 0 Å².